The highest BCUT2D eigenvalue weighted by molar-refractivity contribution is 7.89. The quantitative estimate of drug-likeness (QED) is 0.664. The molecule has 7 nitrogen and oxygen atoms in total. The first-order valence-corrected chi connectivity index (χ1v) is 11.3. The molecule has 0 spiro atoms. The highest BCUT2D eigenvalue weighted by Crippen LogP contribution is 2.10. The number of piperazine rings is 1. The fraction of sp³-hybridized carbons (Fsp3) is 0.381. The summed E-state index contributed by atoms with van der Waals surface area (Å²) in [6, 6.07) is 16.6. The van der Waals surface area contributed by atoms with Crippen LogP contribution in [0.15, 0.2) is 59.5 Å². The van der Waals surface area contributed by atoms with Crippen LogP contribution in [0.2, 0.25) is 0 Å². The molecule has 156 valence electrons. The summed E-state index contributed by atoms with van der Waals surface area (Å²) >= 11 is 0. The molecule has 1 saturated heterocycles. The Labute approximate surface area is 172 Å². The molecule has 0 saturated carbocycles. The lowest BCUT2D eigenvalue weighted by Crippen LogP contribution is -2.48. The Morgan fingerprint density at radius 3 is 2.14 bits per heavy atom. The average Bonchev–Trinajstić information content (AvgIpc) is 2.70. The molecular formula is C21H28N4O3S. The number of rotatable bonds is 8. The molecule has 0 bridgehead atoms. The summed E-state index contributed by atoms with van der Waals surface area (Å²) in [7, 11) is -3.71. The van der Waals surface area contributed by atoms with Gasteiger partial charge in [-0.2, -0.15) is 0 Å². The molecule has 1 fully saturated rings. The maximum atomic E-state index is 12.1. The molecule has 2 aromatic carbocycles. The van der Waals surface area contributed by atoms with Crippen molar-refractivity contribution in [2.75, 3.05) is 39.3 Å². The predicted octanol–water partition coefficient (Wildman–Crippen LogP) is 0.811. The number of hydrogen-bond acceptors (Lipinski definition) is 5. The van der Waals surface area contributed by atoms with E-state index in [1.165, 1.54) is 17.7 Å². The van der Waals surface area contributed by atoms with Gasteiger partial charge in [0.1, 0.15) is 0 Å². The third-order valence-electron chi connectivity index (χ3n) is 5.08. The average molecular weight is 417 g/mol. The number of hydrogen-bond donors (Lipinski definition) is 2. The van der Waals surface area contributed by atoms with Crippen molar-refractivity contribution in [1.29, 1.82) is 0 Å². The third-order valence-corrected chi connectivity index (χ3v) is 6.01. The fourth-order valence-electron chi connectivity index (χ4n) is 3.41. The molecule has 3 N–H and O–H groups in total. The number of amides is 1. The number of sulfonamides is 1. The zero-order valence-corrected chi connectivity index (χ0v) is 17.3. The second-order valence-electron chi connectivity index (χ2n) is 7.32. The first kappa shape index (κ1) is 21.4. The minimum atomic E-state index is -3.71. The highest BCUT2D eigenvalue weighted by atomic mass is 32.2. The van der Waals surface area contributed by atoms with Crippen molar-refractivity contribution in [1.82, 2.24) is 15.1 Å². The lowest BCUT2D eigenvalue weighted by molar-refractivity contribution is -0.120. The van der Waals surface area contributed by atoms with Crippen molar-refractivity contribution in [3.63, 3.8) is 0 Å². The van der Waals surface area contributed by atoms with E-state index in [9.17, 15) is 13.2 Å². The molecule has 3 rings (SSSR count). The minimum absolute atomic E-state index is 0.0491. The lowest BCUT2D eigenvalue weighted by Gasteiger charge is -2.34. The summed E-state index contributed by atoms with van der Waals surface area (Å²) in [5, 5.41) is 8.01. The summed E-state index contributed by atoms with van der Waals surface area (Å²) in [6.45, 7) is 6.46. The molecule has 1 amide bonds. The van der Waals surface area contributed by atoms with Crippen LogP contribution >= 0.6 is 0 Å². The maximum absolute atomic E-state index is 12.1. The molecule has 0 unspecified atom stereocenters. The van der Waals surface area contributed by atoms with E-state index < -0.39 is 10.0 Å². The number of nitrogens with one attached hydrogen (secondary N) is 1. The first-order valence-electron chi connectivity index (χ1n) is 9.77. The normalized spacial score (nSPS) is 15.9. The molecule has 8 heteroatoms. The number of carbonyl (C=O) groups excluding carboxylic acids is 1. The van der Waals surface area contributed by atoms with E-state index in [4.69, 9.17) is 5.14 Å². The molecule has 0 atom stereocenters. The topological polar surface area (TPSA) is 95.7 Å². The van der Waals surface area contributed by atoms with Gasteiger partial charge in [-0.1, -0.05) is 42.5 Å². The summed E-state index contributed by atoms with van der Waals surface area (Å²) in [5.74, 6) is -0.0731. The Morgan fingerprint density at radius 2 is 1.52 bits per heavy atom. The Bertz CT molecular complexity index is 893. The first-order chi connectivity index (χ1) is 13.9. The largest absolute Gasteiger partial charge is 0.355 e. The number of benzene rings is 2. The van der Waals surface area contributed by atoms with E-state index in [1.807, 2.05) is 6.07 Å². The maximum Gasteiger partial charge on any atom is 0.238 e. The molecular weight excluding hydrogens is 388 g/mol. The van der Waals surface area contributed by atoms with Crippen molar-refractivity contribution >= 4 is 15.9 Å². The van der Waals surface area contributed by atoms with Gasteiger partial charge >= 0.3 is 0 Å². The van der Waals surface area contributed by atoms with Gasteiger partial charge in [0.2, 0.25) is 15.9 Å². The van der Waals surface area contributed by atoms with Gasteiger partial charge in [0, 0.05) is 45.8 Å². The van der Waals surface area contributed by atoms with Crippen LogP contribution < -0.4 is 10.5 Å². The Kier molecular flexibility index (Phi) is 7.38. The van der Waals surface area contributed by atoms with Crippen molar-refractivity contribution in [3.05, 3.63) is 65.7 Å². The zero-order valence-electron chi connectivity index (χ0n) is 16.5. The van der Waals surface area contributed by atoms with Crippen molar-refractivity contribution in [3.8, 4) is 0 Å². The van der Waals surface area contributed by atoms with Crippen molar-refractivity contribution in [2.45, 2.75) is 17.9 Å². The van der Waals surface area contributed by atoms with E-state index in [-0.39, 0.29) is 17.2 Å². The molecule has 1 heterocycles. The van der Waals surface area contributed by atoms with Gasteiger partial charge in [-0.3, -0.25) is 14.6 Å². The second-order valence-corrected chi connectivity index (χ2v) is 8.88. The monoisotopic (exact) mass is 416 g/mol. The summed E-state index contributed by atoms with van der Waals surface area (Å²) in [5.41, 5.74) is 2.09. The molecule has 2 aromatic rings. The van der Waals surface area contributed by atoms with Gasteiger partial charge in [0.05, 0.1) is 11.3 Å². The van der Waals surface area contributed by atoms with Gasteiger partial charge in [0.25, 0.3) is 0 Å². The molecule has 0 aromatic heterocycles. The number of nitrogens with zero attached hydrogens (tertiary/aromatic N) is 2. The van der Waals surface area contributed by atoms with Crippen LogP contribution in [0.5, 0.6) is 0 Å². The highest BCUT2D eigenvalue weighted by Gasteiger charge is 2.16. The van der Waals surface area contributed by atoms with E-state index >= 15 is 0 Å². The minimum Gasteiger partial charge on any atom is -0.355 e. The third kappa shape index (κ3) is 6.93. The lowest BCUT2D eigenvalue weighted by atomic mass is 10.1. The smallest absolute Gasteiger partial charge is 0.238 e. The van der Waals surface area contributed by atoms with Gasteiger partial charge in [0.15, 0.2) is 0 Å². The van der Waals surface area contributed by atoms with Gasteiger partial charge in [-0.25, -0.2) is 13.6 Å². The molecule has 29 heavy (non-hydrogen) atoms. The van der Waals surface area contributed by atoms with Crippen LogP contribution in [0.3, 0.4) is 0 Å². The van der Waals surface area contributed by atoms with Gasteiger partial charge in [-0.15, -0.1) is 0 Å². The van der Waals surface area contributed by atoms with Crippen LogP contribution in [-0.2, 0) is 27.8 Å². The van der Waals surface area contributed by atoms with Crippen molar-refractivity contribution in [2.24, 2.45) is 5.14 Å². The molecule has 1 aliphatic rings. The van der Waals surface area contributed by atoms with Crippen LogP contribution in [0.1, 0.15) is 11.1 Å². The summed E-state index contributed by atoms with van der Waals surface area (Å²) in [6.07, 6.45) is 0.218. The summed E-state index contributed by atoms with van der Waals surface area (Å²) < 4.78 is 22.5. The van der Waals surface area contributed by atoms with E-state index in [1.54, 1.807) is 12.1 Å². The number of carbonyl (C=O) groups is 1. The van der Waals surface area contributed by atoms with Gasteiger partial charge in [-0.05, 0) is 23.3 Å². The van der Waals surface area contributed by atoms with Gasteiger partial charge < -0.3 is 5.32 Å². The second kappa shape index (κ2) is 9.98. The summed E-state index contributed by atoms with van der Waals surface area (Å²) in [4.78, 5) is 17.0. The molecule has 1 aliphatic heterocycles. The van der Waals surface area contributed by atoms with E-state index in [0.29, 0.717) is 6.54 Å². The Hall–Kier alpha value is -2.26. The van der Waals surface area contributed by atoms with E-state index in [0.717, 1.165) is 44.8 Å². The molecule has 0 radical (unpaired) electrons. The standard InChI is InChI=1S/C21H28N4O3S/c22-29(27,28)20-8-6-18(7-9-20)16-21(26)23-10-11-24-12-14-25(15-13-24)17-19-4-2-1-3-5-19/h1-9H,10-17H2,(H,23,26)(H2,22,27,28). The fourth-order valence-corrected chi connectivity index (χ4v) is 3.93. The predicted molar refractivity (Wildman–Crippen MR) is 113 cm³/mol. The Morgan fingerprint density at radius 1 is 0.897 bits per heavy atom. The molecule has 0 aliphatic carbocycles. The Balaban J connectivity index is 1.33. The SMILES string of the molecule is NS(=O)(=O)c1ccc(CC(=O)NCCN2CCN(Cc3ccccc3)CC2)cc1. The van der Waals surface area contributed by atoms with Crippen LogP contribution in [0, 0.1) is 0 Å². The number of nitrogens with two attached hydrogens (primary N) is 1. The van der Waals surface area contributed by atoms with Crippen LogP contribution in [0.4, 0.5) is 0 Å². The van der Waals surface area contributed by atoms with Crippen molar-refractivity contribution < 1.29 is 13.2 Å². The van der Waals surface area contributed by atoms with E-state index in [2.05, 4.69) is 39.4 Å². The van der Waals surface area contributed by atoms with Crippen LogP contribution in [0.25, 0.3) is 0 Å². The number of primary sulfonamides is 1. The van der Waals surface area contributed by atoms with Crippen LogP contribution in [-0.4, -0.2) is 63.4 Å². The zero-order chi connectivity index (χ0) is 20.7.